The standard InChI is InChI=1S/C11H12N4O3S/c12-6-8-3-4-9(7-14-8)19(17,18)15-10-2-1-5-13-11(10)16/h3-4,7,10,15H,1-2,5H2,(H,13,16). The number of amides is 1. The van der Waals surface area contributed by atoms with Crippen molar-refractivity contribution in [2.24, 2.45) is 0 Å². The SMILES string of the molecule is N#Cc1ccc(S(=O)(=O)NC2CCCNC2=O)cn1. The molecule has 1 fully saturated rings. The second kappa shape index (κ2) is 5.34. The summed E-state index contributed by atoms with van der Waals surface area (Å²) in [5.74, 6) is -0.323. The van der Waals surface area contributed by atoms with Crippen molar-refractivity contribution in [1.82, 2.24) is 15.0 Å². The van der Waals surface area contributed by atoms with Crippen LogP contribution < -0.4 is 10.0 Å². The highest BCUT2D eigenvalue weighted by atomic mass is 32.2. The molecule has 7 nitrogen and oxygen atoms in total. The summed E-state index contributed by atoms with van der Waals surface area (Å²) in [5.41, 5.74) is 0.134. The quantitative estimate of drug-likeness (QED) is 0.776. The number of hydrogen-bond donors (Lipinski definition) is 2. The molecule has 0 aliphatic carbocycles. The summed E-state index contributed by atoms with van der Waals surface area (Å²) in [6, 6.07) is 3.65. The monoisotopic (exact) mass is 280 g/mol. The molecule has 100 valence electrons. The van der Waals surface area contributed by atoms with E-state index in [-0.39, 0.29) is 16.5 Å². The summed E-state index contributed by atoms with van der Waals surface area (Å²) in [6.07, 6.45) is 2.29. The van der Waals surface area contributed by atoms with Gasteiger partial charge in [-0.15, -0.1) is 0 Å². The number of pyridine rings is 1. The fraction of sp³-hybridized carbons (Fsp3) is 0.364. The van der Waals surface area contributed by atoms with Crippen LogP contribution in [0.2, 0.25) is 0 Å². The van der Waals surface area contributed by atoms with Gasteiger partial charge in [0.25, 0.3) is 0 Å². The van der Waals surface area contributed by atoms with E-state index in [4.69, 9.17) is 5.26 Å². The highest BCUT2D eigenvalue weighted by Crippen LogP contribution is 2.11. The van der Waals surface area contributed by atoms with Crippen LogP contribution in [-0.2, 0) is 14.8 Å². The third kappa shape index (κ3) is 3.07. The molecular weight excluding hydrogens is 268 g/mol. The molecule has 8 heteroatoms. The number of piperidine rings is 1. The summed E-state index contributed by atoms with van der Waals surface area (Å²) in [7, 11) is -3.80. The number of carbonyl (C=O) groups excluding carboxylic acids is 1. The Bertz CT molecular complexity index is 618. The first-order valence-corrected chi connectivity index (χ1v) is 7.17. The third-order valence-corrected chi connectivity index (χ3v) is 4.20. The zero-order chi connectivity index (χ0) is 13.9. The highest BCUT2D eigenvalue weighted by molar-refractivity contribution is 7.89. The number of nitriles is 1. The number of carbonyl (C=O) groups is 1. The molecule has 0 radical (unpaired) electrons. The van der Waals surface area contributed by atoms with E-state index < -0.39 is 16.1 Å². The molecule has 1 saturated heterocycles. The second-order valence-corrected chi connectivity index (χ2v) is 5.81. The lowest BCUT2D eigenvalue weighted by Crippen LogP contribution is -2.50. The Hall–Kier alpha value is -1.98. The van der Waals surface area contributed by atoms with Gasteiger partial charge in [-0.2, -0.15) is 9.98 Å². The molecule has 1 amide bonds. The Morgan fingerprint density at radius 2 is 2.26 bits per heavy atom. The zero-order valence-corrected chi connectivity index (χ0v) is 10.8. The van der Waals surface area contributed by atoms with E-state index in [2.05, 4.69) is 15.0 Å². The average molecular weight is 280 g/mol. The number of rotatable bonds is 3. The van der Waals surface area contributed by atoms with Gasteiger partial charge in [-0.05, 0) is 25.0 Å². The zero-order valence-electron chi connectivity index (χ0n) is 9.96. The maximum Gasteiger partial charge on any atom is 0.242 e. The third-order valence-electron chi connectivity index (χ3n) is 2.74. The number of nitrogens with zero attached hydrogens (tertiary/aromatic N) is 2. The van der Waals surface area contributed by atoms with E-state index in [9.17, 15) is 13.2 Å². The smallest absolute Gasteiger partial charge is 0.242 e. The van der Waals surface area contributed by atoms with Crippen molar-refractivity contribution < 1.29 is 13.2 Å². The van der Waals surface area contributed by atoms with E-state index >= 15 is 0 Å². The molecule has 0 spiro atoms. The predicted octanol–water partition coefficient (Wildman–Crippen LogP) is -0.490. The van der Waals surface area contributed by atoms with Crippen LogP contribution in [0.25, 0.3) is 0 Å². The van der Waals surface area contributed by atoms with Crippen LogP contribution in [0.1, 0.15) is 18.5 Å². The number of sulfonamides is 1. The van der Waals surface area contributed by atoms with Crippen molar-refractivity contribution in [1.29, 1.82) is 5.26 Å². The normalized spacial score (nSPS) is 19.5. The van der Waals surface area contributed by atoms with Crippen LogP contribution in [0.3, 0.4) is 0 Å². The van der Waals surface area contributed by atoms with Crippen LogP contribution in [0, 0.1) is 11.3 Å². The van der Waals surface area contributed by atoms with Gasteiger partial charge >= 0.3 is 0 Å². The lowest BCUT2D eigenvalue weighted by molar-refractivity contribution is -0.124. The molecule has 0 aromatic carbocycles. The molecule has 1 atom stereocenters. The van der Waals surface area contributed by atoms with Crippen LogP contribution in [0.4, 0.5) is 0 Å². The van der Waals surface area contributed by atoms with Crippen molar-refractivity contribution >= 4 is 15.9 Å². The van der Waals surface area contributed by atoms with Gasteiger partial charge in [-0.3, -0.25) is 4.79 Å². The average Bonchev–Trinajstić information content (AvgIpc) is 2.41. The predicted molar refractivity (Wildman–Crippen MR) is 65.3 cm³/mol. The fourth-order valence-corrected chi connectivity index (χ4v) is 2.92. The Morgan fingerprint density at radius 1 is 1.47 bits per heavy atom. The van der Waals surface area contributed by atoms with Crippen LogP contribution in [-0.4, -0.2) is 31.9 Å². The minimum absolute atomic E-state index is 0.0649. The Labute approximate surface area is 110 Å². The summed E-state index contributed by atoms with van der Waals surface area (Å²) < 4.78 is 26.4. The molecule has 2 N–H and O–H groups in total. The van der Waals surface area contributed by atoms with Crippen LogP contribution in [0.5, 0.6) is 0 Å². The lowest BCUT2D eigenvalue weighted by Gasteiger charge is -2.22. The minimum atomic E-state index is -3.80. The van der Waals surface area contributed by atoms with Crippen LogP contribution in [0.15, 0.2) is 23.2 Å². The lowest BCUT2D eigenvalue weighted by atomic mass is 10.1. The second-order valence-electron chi connectivity index (χ2n) is 4.10. The van der Waals surface area contributed by atoms with Crippen molar-refractivity contribution in [3.8, 4) is 6.07 Å². The van der Waals surface area contributed by atoms with Gasteiger partial charge in [-0.25, -0.2) is 13.4 Å². The first-order chi connectivity index (χ1) is 9.03. The molecule has 1 aliphatic rings. The molecule has 1 aliphatic heterocycles. The molecule has 0 saturated carbocycles. The van der Waals surface area contributed by atoms with E-state index in [1.165, 1.54) is 12.1 Å². The van der Waals surface area contributed by atoms with Gasteiger partial charge in [0.05, 0.1) is 0 Å². The molecule has 1 unspecified atom stereocenters. The summed E-state index contributed by atoms with van der Waals surface area (Å²) >= 11 is 0. The molecule has 1 aromatic rings. The Balaban J connectivity index is 2.17. The van der Waals surface area contributed by atoms with Gasteiger partial charge in [0.2, 0.25) is 15.9 Å². The summed E-state index contributed by atoms with van der Waals surface area (Å²) in [4.78, 5) is 15.1. The minimum Gasteiger partial charge on any atom is -0.355 e. The Morgan fingerprint density at radius 3 is 2.84 bits per heavy atom. The maximum atomic E-state index is 12.0. The van der Waals surface area contributed by atoms with Crippen molar-refractivity contribution in [3.63, 3.8) is 0 Å². The van der Waals surface area contributed by atoms with E-state index in [1.54, 1.807) is 6.07 Å². The van der Waals surface area contributed by atoms with E-state index in [0.29, 0.717) is 13.0 Å². The first kappa shape index (κ1) is 13.5. The molecule has 2 heterocycles. The van der Waals surface area contributed by atoms with Crippen LogP contribution >= 0.6 is 0 Å². The van der Waals surface area contributed by atoms with Gasteiger partial charge in [0.1, 0.15) is 22.7 Å². The topological polar surface area (TPSA) is 112 Å². The van der Waals surface area contributed by atoms with Crippen molar-refractivity contribution in [3.05, 3.63) is 24.0 Å². The Kier molecular flexibility index (Phi) is 3.78. The van der Waals surface area contributed by atoms with Gasteiger partial charge in [0.15, 0.2) is 0 Å². The largest absolute Gasteiger partial charge is 0.355 e. The molecular formula is C11H12N4O3S. The van der Waals surface area contributed by atoms with Crippen molar-refractivity contribution in [2.45, 2.75) is 23.8 Å². The van der Waals surface area contributed by atoms with Gasteiger partial charge < -0.3 is 5.32 Å². The van der Waals surface area contributed by atoms with Crippen molar-refractivity contribution in [2.75, 3.05) is 6.54 Å². The molecule has 1 aromatic heterocycles. The number of hydrogen-bond acceptors (Lipinski definition) is 5. The van der Waals surface area contributed by atoms with Gasteiger partial charge in [0, 0.05) is 12.7 Å². The molecule has 19 heavy (non-hydrogen) atoms. The fourth-order valence-electron chi connectivity index (χ4n) is 1.75. The van der Waals surface area contributed by atoms with E-state index in [1.807, 2.05) is 0 Å². The maximum absolute atomic E-state index is 12.0. The first-order valence-electron chi connectivity index (χ1n) is 5.69. The molecule has 2 rings (SSSR count). The number of nitrogens with one attached hydrogen (secondary N) is 2. The number of aromatic nitrogens is 1. The molecule has 0 bridgehead atoms. The highest BCUT2D eigenvalue weighted by Gasteiger charge is 2.27. The van der Waals surface area contributed by atoms with E-state index in [0.717, 1.165) is 12.6 Å². The van der Waals surface area contributed by atoms with Gasteiger partial charge in [-0.1, -0.05) is 0 Å². The summed E-state index contributed by atoms with van der Waals surface area (Å²) in [6.45, 7) is 0.565. The summed E-state index contributed by atoms with van der Waals surface area (Å²) in [5, 5.41) is 11.2.